The van der Waals surface area contributed by atoms with E-state index in [2.05, 4.69) is 10.0 Å². The first-order chi connectivity index (χ1) is 9.94. The molecule has 1 unspecified atom stereocenters. The number of sulfonamides is 1. The summed E-state index contributed by atoms with van der Waals surface area (Å²) < 4.78 is 32.1. The zero-order valence-electron chi connectivity index (χ0n) is 11.6. The molecule has 1 saturated heterocycles. The molecule has 21 heavy (non-hydrogen) atoms. The van der Waals surface area contributed by atoms with Gasteiger partial charge in [0.15, 0.2) is 0 Å². The lowest BCUT2D eigenvalue weighted by atomic mass is 10.1. The van der Waals surface area contributed by atoms with Gasteiger partial charge >= 0.3 is 0 Å². The molecule has 1 amide bonds. The maximum atomic E-state index is 12.3. The molecular weight excluding hydrogens is 316 g/mol. The second-order valence-electron chi connectivity index (χ2n) is 4.76. The van der Waals surface area contributed by atoms with Gasteiger partial charge in [0.05, 0.1) is 17.0 Å². The molecule has 1 aliphatic rings. The van der Waals surface area contributed by atoms with Crippen LogP contribution >= 0.6 is 11.6 Å². The summed E-state index contributed by atoms with van der Waals surface area (Å²) in [5.74, 6) is 0.0958. The molecule has 116 valence electrons. The molecule has 2 N–H and O–H groups in total. The minimum absolute atomic E-state index is 0.00495. The van der Waals surface area contributed by atoms with Crippen molar-refractivity contribution < 1.29 is 17.9 Å². The van der Waals surface area contributed by atoms with Crippen LogP contribution in [0.4, 0.5) is 0 Å². The van der Waals surface area contributed by atoms with E-state index in [1.54, 1.807) is 0 Å². The van der Waals surface area contributed by atoms with E-state index in [4.69, 9.17) is 16.3 Å². The largest absolute Gasteiger partial charge is 0.495 e. The summed E-state index contributed by atoms with van der Waals surface area (Å²) >= 11 is 5.94. The maximum absolute atomic E-state index is 12.3. The van der Waals surface area contributed by atoms with Crippen molar-refractivity contribution in [2.24, 2.45) is 0 Å². The number of methoxy groups -OCH3 is 1. The van der Waals surface area contributed by atoms with Crippen LogP contribution in [0.5, 0.6) is 5.75 Å². The topological polar surface area (TPSA) is 84.5 Å². The van der Waals surface area contributed by atoms with Crippen LogP contribution in [0.15, 0.2) is 23.1 Å². The summed E-state index contributed by atoms with van der Waals surface area (Å²) in [4.78, 5) is 11.8. The molecule has 6 nitrogen and oxygen atoms in total. The lowest BCUT2D eigenvalue weighted by Gasteiger charge is -2.16. The number of benzene rings is 1. The molecule has 1 heterocycles. The second-order valence-corrected chi connectivity index (χ2v) is 6.88. The minimum atomic E-state index is -3.81. The van der Waals surface area contributed by atoms with Crippen molar-refractivity contribution in [1.29, 1.82) is 0 Å². The third-order valence-electron chi connectivity index (χ3n) is 3.27. The van der Waals surface area contributed by atoms with Crippen molar-refractivity contribution in [3.05, 3.63) is 23.2 Å². The van der Waals surface area contributed by atoms with Gasteiger partial charge in [-0.05, 0) is 37.5 Å². The van der Waals surface area contributed by atoms with E-state index in [1.807, 2.05) is 0 Å². The number of amides is 1. The van der Waals surface area contributed by atoms with Crippen molar-refractivity contribution >= 4 is 27.5 Å². The molecule has 2 rings (SSSR count). The quantitative estimate of drug-likeness (QED) is 0.870. The van der Waals surface area contributed by atoms with Crippen molar-refractivity contribution in [2.45, 2.75) is 30.2 Å². The molecule has 0 spiro atoms. The van der Waals surface area contributed by atoms with E-state index >= 15 is 0 Å². The van der Waals surface area contributed by atoms with E-state index in [9.17, 15) is 13.2 Å². The highest BCUT2D eigenvalue weighted by Gasteiger charge is 2.27. The van der Waals surface area contributed by atoms with Crippen LogP contribution in [0.3, 0.4) is 0 Å². The molecule has 1 aromatic rings. The van der Waals surface area contributed by atoms with E-state index in [-0.39, 0.29) is 15.8 Å². The first-order valence-corrected chi connectivity index (χ1v) is 8.44. The Kier molecular flexibility index (Phi) is 5.08. The number of carbonyl (C=O) groups excluding carboxylic acids is 1. The van der Waals surface area contributed by atoms with E-state index < -0.39 is 16.1 Å². The normalized spacial score (nSPS) is 19.7. The third-order valence-corrected chi connectivity index (χ3v) is 5.03. The molecule has 0 aliphatic carbocycles. The molecule has 1 aromatic carbocycles. The molecule has 0 saturated carbocycles. The molecule has 0 aromatic heterocycles. The SMILES string of the molecule is COc1ccc(S(=O)(=O)NC2CCCCNC2=O)cc1Cl. The first kappa shape index (κ1) is 16.1. The van der Waals surface area contributed by atoms with Gasteiger partial charge in [-0.15, -0.1) is 0 Å². The van der Waals surface area contributed by atoms with Gasteiger partial charge in [-0.25, -0.2) is 8.42 Å². The fraction of sp³-hybridized carbons (Fsp3) is 0.462. The van der Waals surface area contributed by atoms with E-state index in [0.29, 0.717) is 18.7 Å². The number of hydrogen-bond donors (Lipinski definition) is 2. The Bertz CT molecular complexity index is 633. The van der Waals surface area contributed by atoms with Crippen LogP contribution < -0.4 is 14.8 Å². The summed E-state index contributed by atoms with van der Waals surface area (Å²) in [6.07, 6.45) is 2.11. The highest BCUT2D eigenvalue weighted by molar-refractivity contribution is 7.89. The average molecular weight is 333 g/mol. The Morgan fingerprint density at radius 3 is 2.81 bits per heavy atom. The number of carbonyl (C=O) groups is 1. The number of ether oxygens (including phenoxy) is 1. The Hall–Kier alpha value is -1.31. The van der Waals surface area contributed by atoms with Crippen molar-refractivity contribution in [3.8, 4) is 5.75 Å². The van der Waals surface area contributed by atoms with Crippen LogP contribution in [0.25, 0.3) is 0 Å². The van der Waals surface area contributed by atoms with Gasteiger partial charge in [0.1, 0.15) is 11.8 Å². The number of halogens is 1. The molecule has 1 atom stereocenters. The Balaban J connectivity index is 2.21. The van der Waals surface area contributed by atoms with Crippen LogP contribution in [0.1, 0.15) is 19.3 Å². The van der Waals surface area contributed by atoms with Gasteiger partial charge in [-0.2, -0.15) is 4.72 Å². The Morgan fingerprint density at radius 1 is 1.38 bits per heavy atom. The number of hydrogen-bond acceptors (Lipinski definition) is 4. The van der Waals surface area contributed by atoms with Crippen molar-refractivity contribution in [2.75, 3.05) is 13.7 Å². The van der Waals surface area contributed by atoms with Gasteiger partial charge in [0, 0.05) is 6.54 Å². The fourth-order valence-corrected chi connectivity index (χ4v) is 3.70. The van der Waals surface area contributed by atoms with Gasteiger partial charge in [-0.1, -0.05) is 11.6 Å². The predicted molar refractivity (Wildman–Crippen MR) is 79.0 cm³/mol. The smallest absolute Gasteiger partial charge is 0.241 e. The molecule has 0 radical (unpaired) electrons. The second kappa shape index (κ2) is 6.64. The highest BCUT2D eigenvalue weighted by atomic mass is 35.5. The van der Waals surface area contributed by atoms with Crippen LogP contribution in [0, 0.1) is 0 Å². The molecule has 0 bridgehead atoms. The molecular formula is C13H17ClN2O4S. The zero-order chi connectivity index (χ0) is 15.5. The highest BCUT2D eigenvalue weighted by Crippen LogP contribution is 2.27. The zero-order valence-corrected chi connectivity index (χ0v) is 13.1. The van der Waals surface area contributed by atoms with Crippen LogP contribution in [-0.2, 0) is 14.8 Å². The molecule has 8 heteroatoms. The Labute approximate surface area is 128 Å². The number of nitrogens with one attached hydrogen (secondary N) is 2. The minimum Gasteiger partial charge on any atom is -0.495 e. The van der Waals surface area contributed by atoms with Gasteiger partial charge < -0.3 is 10.1 Å². The van der Waals surface area contributed by atoms with E-state index in [1.165, 1.54) is 25.3 Å². The standard InChI is InChI=1S/C13H17ClN2O4S/c1-20-12-6-5-9(8-10(12)14)21(18,19)16-11-4-2-3-7-15-13(11)17/h5-6,8,11,16H,2-4,7H2,1H3,(H,15,17). The van der Waals surface area contributed by atoms with E-state index in [0.717, 1.165) is 12.8 Å². The lowest BCUT2D eigenvalue weighted by Crippen LogP contribution is -2.45. The first-order valence-electron chi connectivity index (χ1n) is 6.57. The summed E-state index contributed by atoms with van der Waals surface area (Å²) in [6.45, 7) is 0.575. The number of rotatable bonds is 4. The monoisotopic (exact) mass is 332 g/mol. The summed E-state index contributed by atoms with van der Waals surface area (Å²) in [5, 5.41) is 2.89. The summed E-state index contributed by atoms with van der Waals surface area (Å²) in [6, 6.07) is 3.42. The maximum Gasteiger partial charge on any atom is 0.241 e. The summed E-state index contributed by atoms with van der Waals surface area (Å²) in [7, 11) is -2.36. The van der Waals surface area contributed by atoms with Crippen LogP contribution in [-0.4, -0.2) is 34.0 Å². The Morgan fingerprint density at radius 2 is 2.14 bits per heavy atom. The molecule has 1 aliphatic heterocycles. The fourth-order valence-electron chi connectivity index (χ4n) is 2.12. The van der Waals surface area contributed by atoms with Crippen molar-refractivity contribution in [1.82, 2.24) is 10.0 Å². The van der Waals surface area contributed by atoms with Gasteiger partial charge in [0.25, 0.3) is 0 Å². The van der Waals surface area contributed by atoms with Crippen molar-refractivity contribution in [3.63, 3.8) is 0 Å². The molecule has 1 fully saturated rings. The average Bonchev–Trinajstić information content (AvgIpc) is 2.64. The third kappa shape index (κ3) is 3.87. The van der Waals surface area contributed by atoms with Gasteiger partial charge in [-0.3, -0.25) is 4.79 Å². The van der Waals surface area contributed by atoms with Crippen LogP contribution in [0.2, 0.25) is 5.02 Å². The van der Waals surface area contributed by atoms with Gasteiger partial charge in [0.2, 0.25) is 15.9 Å². The lowest BCUT2D eigenvalue weighted by molar-refractivity contribution is -0.122. The predicted octanol–water partition coefficient (Wildman–Crippen LogP) is 1.30. The summed E-state index contributed by atoms with van der Waals surface area (Å²) in [5.41, 5.74) is 0.